The third-order valence-electron chi connectivity index (χ3n) is 5.25. The number of fused-ring (bicyclic) bond motifs is 1. The summed E-state index contributed by atoms with van der Waals surface area (Å²) >= 11 is 0. The first-order chi connectivity index (χ1) is 13.9. The van der Waals surface area contributed by atoms with Gasteiger partial charge in [0.2, 0.25) is 5.56 Å². The second kappa shape index (κ2) is 6.34. The van der Waals surface area contributed by atoms with Crippen LogP contribution < -0.4 is 5.56 Å². The van der Waals surface area contributed by atoms with E-state index in [1.165, 1.54) is 24.3 Å². The highest BCUT2D eigenvalue weighted by atomic mass is 19.4. The largest absolute Gasteiger partial charge is 0.417 e. The predicted molar refractivity (Wildman–Crippen MR) is 105 cm³/mol. The normalized spacial score (nSPS) is 14.4. The number of aromatic amines is 2. The van der Waals surface area contributed by atoms with Crippen LogP contribution in [0.2, 0.25) is 0 Å². The molecule has 3 aromatic heterocycles. The minimum absolute atomic E-state index is 0.0583. The molecule has 1 aliphatic rings. The Kier molecular flexibility index (Phi) is 3.87. The number of hydrogen-bond donors (Lipinski definition) is 2. The maximum atomic E-state index is 13.4. The fraction of sp³-hybridized carbons (Fsp3) is 0.182. The van der Waals surface area contributed by atoms with Gasteiger partial charge in [0.25, 0.3) is 0 Å². The second-order valence-electron chi connectivity index (χ2n) is 7.31. The smallest absolute Gasteiger partial charge is 0.343 e. The van der Waals surface area contributed by atoms with E-state index in [1.807, 2.05) is 6.07 Å². The topological polar surface area (TPSA) is 61.5 Å². The van der Waals surface area contributed by atoms with Crippen LogP contribution in [0.25, 0.3) is 33.4 Å². The highest BCUT2D eigenvalue weighted by molar-refractivity contribution is 5.94. The van der Waals surface area contributed by atoms with Gasteiger partial charge in [0, 0.05) is 34.6 Å². The van der Waals surface area contributed by atoms with Crippen LogP contribution in [0.3, 0.4) is 0 Å². The van der Waals surface area contributed by atoms with Crippen molar-refractivity contribution in [3.05, 3.63) is 76.3 Å². The lowest BCUT2D eigenvalue weighted by atomic mass is 9.99. The van der Waals surface area contributed by atoms with Crippen LogP contribution in [0.1, 0.15) is 30.0 Å². The van der Waals surface area contributed by atoms with Crippen LogP contribution in [-0.4, -0.2) is 15.0 Å². The molecule has 5 rings (SSSR count). The molecule has 0 aliphatic heterocycles. The van der Waals surface area contributed by atoms with Gasteiger partial charge in [-0.25, -0.2) is 4.98 Å². The van der Waals surface area contributed by atoms with Gasteiger partial charge in [-0.1, -0.05) is 18.2 Å². The molecule has 0 bridgehead atoms. The van der Waals surface area contributed by atoms with Crippen LogP contribution >= 0.6 is 0 Å². The van der Waals surface area contributed by atoms with Gasteiger partial charge in [0.15, 0.2) is 0 Å². The Morgan fingerprint density at radius 3 is 2.52 bits per heavy atom. The van der Waals surface area contributed by atoms with Gasteiger partial charge >= 0.3 is 6.18 Å². The lowest BCUT2D eigenvalue weighted by Crippen LogP contribution is -2.10. The molecular formula is C22H16F3N3O. The summed E-state index contributed by atoms with van der Waals surface area (Å²) in [5, 5.41) is 0.857. The molecule has 0 radical (unpaired) electrons. The summed E-state index contributed by atoms with van der Waals surface area (Å²) in [7, 11) is 0. The fourth-order valence-electron chi connectivity index (χ4n) is 3.72. The standard InChI is InChI=1S/C22H16F3N3O/c23-22(24,25)17-4-2-1-3-15(17)19-9-13(10-20(29)27-19)14-7-8-26-21-16(14)11-18(28-21)12-5-6-12/h1-4,7-12H,5-6H2,(H,26,28)(H,27,29). The monoisotopic (exact) mass is 395 g/mol. The van der Waals surface area contributed by atoms with Crippen molar-refractivity contribution in [2.45, 2.75) is 24.9 Å². The lowest BCUT2D eigenvalue weighted by molar-refractivity contribution is -0.137. The van der Waals surface area contributed by atoms with E-state index >= 15 is 0 Å². The van der Waals surface area contributed by atoms with Crippen LogP contribution in [0.4, 0.5) is 13.2 Å². The van der Waals surface area contributed by atoms with Crippen molar-refractivity contribution in [2.75, 3.05) is 0 Å². The van der Waals surface area contributed by atoms with Gasteiger partial charge in [-0.3, -0.25) is 4.79 Å². The van der Waals surface area contributed by atoms with Gasteiger partial charge in [0.1, 0.15) is 5.65 Å². The number of nitrogens with one attached hydrogen (secondary N) is 2. The second-order valence-corrected chi connectivity index (χ2v) is 7.31. The number of rotatable bonds is 3. The summed E-state index contributed by atoms with van der Waals surface area (Å²) in [4.78, 5) is 22.5. The molecule has 0 amide bonds. The van der Waals surface area contributed by atoms with Crippen molar-refractivity contribution in [1.82, 2.24) is 15.0 Å². The SMILES string of the molecule is O=c1cc(-c2ccnc3[nH]c(C4CC4)cc23)cc(-c2ccccc2C(F)(F)F)[nH]1. The summed E-state index contributed by atoms with van der Waals surface area (Å²) in [6.45, 7) is 0. The molecule has 1 fully saturated rings. The first-order valence-corrected chi connectivity index (χ1v) is 9.29. The van der Waals surface area contributed by atoms with E-state index in [9.17, 15) is 18.0 Å². The summed E-state index contributed by atoms with van der Waals surface area (Å²) in [6.07, 6.45) is -0.625. The maximum absolute atomic E-state index is 13.4. The minimum Gasteiger partial charge on any atom is -0.343 e. The Morgan fingerprint density at radius 1 is 0.966 bits per heavy atom. The van der Waals surface area contributed by atoms with Crippen LogP contribution in [-0.2, 0) is 6.18 Å². The Labute approximate surface area is 163 Å². The summed E-state index contributed by atoms with van der Waals surface area (Å²) in [6, 6.07) is 12.0. The van der Waals surface area contributed by atoms with Gasteiger partial charge in [-0.15, -0.1) is 0 Å². The summed E-state index contributed by atoms with van der Waals surface area (Å²) < 4.78 is 40.3. The van der Waals surface area contributed by atoms with Crippen LogP contribution in [0.15, 0.2) is 59.5 Å². The van der Waals surface area contributed by atoms with Gasteiger partial charge < -0.3 is 9.97 Å². The summed E-state index contributed by atoms with van der Waals surface area (Å²) in [5.74, 6) is 0.505. The average molecular weight is 395 g/mol. The average Bonchev–Trinajstić information content (AvgIpc) is 3.45. The van der Waals surface area contributed by atoms with Gasteiger partial charge in [-0.2, -0.15) is 13.2 Å². The molecule has 0 spiro atoms. The zero-order valence-electron chi connectivity index (χ0n) is 15.2. The molecule has 1 saturated carbocycles. The number of H-pyrrole nitrogens is 2. The maximum Gasteiger partial charge on any atom is 0.417 e. The summed E-state index contributed by atoms with van der Waals surface area (Å²) in [5.41, 5.74) is 1.95. The Hall–Kier alpha value is -3.35. The first kappa shape index (κ1) is 17.7. The molecule has 3 heterocycles. The molecule has 0 atom stereocenters. The van der Waals surface area contributed by atoms with E-state index in [0.29, 0.717) is 17.1 Å². The van der Waals surface area contributed by atoms with E-state index in [1.54, 1.807) is 18.3 Å². The highest BCUT2D eigenvalue weighted by Crippen LogP contribution is 2.42. The molecule has 0 unspecified atom stereocenters. The van der Waals surface area contributed by atoms with Crippen LogP contribution in [0, 0.1) is 0 Å². The van der Waals surface area contributed by atoms with Crippen molar-refractivity contribution in [3.63, 3.8) is 0 Å². The van der Waals surface area contributed by atoms with E-state index in [-0.39, 0.29) is 11.3 Å². The number of benzene rings is 1. The number of hydrogen-bond acceptors (Lipinski definition) is 2. The van der Waals surface area contributed by atoms with Crippen molar-refractivity contribution in [1.29, 1.82) is 0 Å². The zero-order chi connectivity index (χ0) is 20.2. The molecule has 1 aliphatic carbocycles. The minimum atomic E-state index is -4.52. The molecule has 4 nitrogen and oxygen atoms in total. The van der Waals surface area contributed by atoms with E-state index in [2.05, 4.69) is 15.0 Å². The number of pyridine rings is 2. The van der Waals surface area contributed by atoms with E-state index < -0.39 is 17.3 Å². The number of aromatic nitrogens is 3. The molecule has 0 saturated heterocycles. The number of nitrogens with zero attached hydrogens (tertiary/aromatic N) is 1. The third-order valence-corrected chi connectivity index (χ3v) is 5.25. The van der Waals surface area contributed by atoms with E-state index in [4.69, 9.17) is 0 Å². The zero-order valence-corrected chi connectivity index (χ0v) is 15.2. The molecule has 29 heavy (non-hydrogen) atoms. The number of halogens is 3. The molecule has 4 aromatic rings. The fourth-order valence-corrected chi connectivity index (χ4v) is 3.72. The highest BCUT2D eigenvalue weighted by Gasteiger charge is 2.33. The number of alkyl halides is 3. The molecular weight excluding hydrogens is 379 g/mol. The van der Waals surface area contributed by atoms with Gasteiger partial charge in [0.05, 0.1) is 5.56 Å². The van der Waals surface area contributed by atoms with E-state index in [0.717, 1.165) is 35.6 Å². The Morgan fingerprint density at radius 2 is 1.76 bits per heavy atom. The molecule has 146 valence electrons. The van der Waals surface area contributed by atoms with Crippen molar-refractivity contribution in [2.24, 2.45) is 0 Å². The van der Waals surface area contributed by atoms with Crippen molar-refractivity contribution >= 4 is 11.0 Å². The lowest BCUT2D eigenvalue weighted by Gasteiger charge is -2.13. The first-order valence-electron chi connectivity index (χ1n) is 9.29. The Bertz CT molecular complexity index is 1280. The van der Waals surface area contributed by atoms with Gasteiger partial charge in [-0.05, 0) is 54.2 Å². The van der Waals surface area contributed by atoms with Crippen molar-refractivity contribution < 1.29 is 13.2 Å². The molecule has 7 heteroatoms. The third kappa shape index (κ3) is 3.22. The molecule has 2 N–H and O–H groups in total. The Balaban J connectivity index is 1.69. The van der Waals surface area contributed by atoms with Crippen molar-refractivity contribution in [3.8, 4) is 22.4 Å². The van der Waals surface area contributed by atoms with Crippen LogP contribution in [0.5, 0.6) is 0 Å². The predicted octanol–water partition coefficient (Wildman–Crippen LogP) is 5.48. The molecule has 1 aromatic carbocycles. The quantitative estimate of drug-likeness (QED) is 0.482.